The van der Waals surface area contributed by atoms with E-state index >= 15 is 0 Å². The molecule has 0 aliphatic heterocycles. The van der Waals surface area contributed by atoms with Crippen molar-refractivity contribution in [2.45, 2.75) is 25.3 Å². The van der Waals surface area contributed by atoms with Gasteiger partial charge < -0.3 is 5.32 Å². The Balaban J connectivity index is 3.23. The average molecular weight is 291 g/mol. The zero-order valence-corrected chi connectivity index (χ0v) is 10.3. The van der Waals surface area contributed by atoms with Crippen LogP contribution in [0.15, 0.2) is 11.4 Å². The van der Waals surface area contributed by atoms with Crippen LogP contribution in [0.1, 0.15) is 16.5 Å². The van der Waals surface area contributed by atoms with Gasteiger partial charge in [0.25, 0.3) is 0 Å². The molecule has 0 saturated heterocycles. The molecule has 1 aromatic heterocycles. The molecule has 0 radical (unpaired) electrons. The number of aryl methyl sites for hydroxylation is 1. The van der Waals surface area contributed by atoms with Gasteiger partial charge >= 0.3 is 12.4 Å². The van der Waals surface area contributed by atoms with Crippen molar-refractivity contribution in [3.8, 4) is 0 Å². The lowest BCUT2D eigenvalue weighted by Gasteiger charge is -2.30. The van der Waals surface area contributed by atoms with Crippen LogP contribution in [0.4, 0.5) is 26.3 Å². The SMILES string of the molecule is CNC(c1sccc1C)C(C(F)(F)F)C(F)(F)F. The van der Waals surface area contributed by atoms with Crippen LogP contribution in [0.5, 0.6) is 0 Å². The normalized spacial score (nSPS) is 15.2. The Morgan fingerprint density at radius 2 is 1.61 bits per heavy atom. The van der Waals surface area contributed by atoms with E-state index in [1.165, 1.54) is 18.4 Å². The van der Waals surface area contributed by atoms with Gasteiger partial charge in [-0.1, -0.05) is 0 Å². The van der Waals surface area contributed by atoms with E-state index in [2.05, 4.69) is 5.32 Å². The van der Waals surface area contributed by atoms with Crippen molar-refractivity contribution in [1.82, 2.24) is 5.32 Å². The standard InChI is InChI=1S/C10H11F6NS/c1-5-3-4-18-7(5)6(17-2)8(9(11,12)13)10(14,15)16/h3-4,6,8,17H,1-2H3. The van der Waals surface area contributed by atoms with Gasteiger partial charge in [0.2, 0.25) is 0 Å². The Morgan fingerprint density at radius 3 is 1.89 bits per heavy atom. The van der Waals surface area contributed by atoms with Crippen LogP contribution in [0.2, 0.25) is 0 Å². The molecule has 0 spiro atoms. The molecule has 1 heterocycles. The van der Waals surface area contributed by atoms with Crippen LogP contribution in [0.3, 0.4) is 0 Å². The van der Waals surface area contributed by atoms with Crippen molar-refractivity contribution in [1.29, 1.82) is 0 Å². The molecular weight excluding hydrogens is 280 g/mol. The predicted molar refractivity (Wildman–Crippen MR) is 56.5 cm³/mol. The first kappa shape index (κ1) is 15.3. The van der Waals surface area contributed by atoms with E-state index in [0.717, 1.165) is 18.4 Å². The maximum Gasteiger partial charge on any atom is 0.402 e. The highest BCUT2D eigenvalue weighted by Crippen LogP contribution is 2.47. The summed E-state index contributed by atoms with van der Waals surface area (Å²) in [6, 6.07) is -0.321. The van der Waals surface area contributed by atoms with Crippen LogP contribution in [0.25, 0.3) is 0 Å². The fraction of sp³-hybridized carbons (Fsp3) is 0.600. The minimum absolute atomic E-state index is 0.0529. The number of thiophene rings is 1. The second-order valence-electron chi connectivity index (χ2n) is 3.80. The Hall–Kier alpha value is -0.760. The topological polar surface area (TPSA) is 12.0 Å². The smallest absolute Gasteiger partial charge is 0.312 e. The number of hydrogen-bond acceptors (Lipinski definition) is 2. The highest BCUT2D eigenvalue weighted by Gasteiger charge is 2.60. The van der Waals surface area contributed by atoms with Gasteiger partial charge in [-0.25, -0.2) is 0 Å². The first-order chi connectivity index (χ1) is 8.09. The number of nitrogens with one attached hydrogen (secondary N) is 1. The molecular formula is C10H11F6NS. The predicted octanol–water partition coefficient (Wildman–Crippen LogP) is 4.06. The summed E-state index contributed by atoms with van der Waals surface area (Å²) in [5.41, 5.74) is 0.415. The molecule has 1 atom stereocenters. The summed E-state index contributed by atoms with van der Waals surface area (Å²) >= 11 is 0.880. The Bertz CT molecular complexity index is 380. The average Bonchev–Trinajstić information content (AvgIpc) is 2.56. The summed E-state index contributed by atoms with van der Waals surface area (Å²) in [6.45, 7) is 1.49. The van der Waals surface area contributed by atoms with E-state index in [-0.39, 0.29) is 4.88 Å². The van der Waals surface area contributed by atoms with Crippen LogP contribution >= 0.6 is 11.3 Å². The van der Waals surface area contributed by atoms with Gasteiger partial charge in [-0.2, -0.15) is 26.3 Å². The lowest BCUT2D eigenvalue weighted by atomic mass is 9.95. The quantitative estimate of drug-likeness (QED) is 0.828. The molecule has 0 fully saturated rings. The van der Waals surface area contributed by atoms with Gasteiger partial charge in [-0.05, 0) is 31.0 Å². The van der Waals surface area contributed by atoms with Gasteiger partial charge in [0, 0.05) is 4.88 Å². The number of alkyl halides is 6. The molecule has 1 unspecified atom stereocenters. The zero-order chi connectivity index (χ0) is 14.1. The Labute approximate surface area is 104 Å². The van der Waals surface area contributed by atoms with Gasteiger partial charge in [-0.3, -0.25) is 0 Å². The van der Waals surface area contributed by atoms with Crippen LogP contribution in [0, 0.1) is 12.8 Å². The third-order valence-electron chi connectivity index (χ3n) is 2.53. The van der Waals surface area contributed by atoms with Gasteiger partial charge in [0.1, 0.15) is 0 Å². The monoisotopic (exact) mass is 291 g/mol. The second kappa shape index (κ2) is 5.08. The highest BCUT2D eigenvalue weighted by molar-refractivity contribution is 7.10. The molecule has 1 aromatic rings. The van der Waals surface area contributed by atoms with Crippen molar-refractivity contribution in [3.63, 3.8) is 0 Å². The largest absolute Gasteiger partial charge is 0.402 e. The summed E-state index contributed by atoms with van der Waals surface area (Å²) in [5.74, 6) is -3.41. The molecule has 0 amide bonds. The first-order valence-electron chi connectivity index (χ1n) is 4.93. The molecule has 0 aromatic carbocycles. The maximum atomic E-state index is 12.6. The van der Waals surface area contributed by atoms with E-state index in [0.29, 0.717) is 5.56 Å². The van der Waals surface area contributed by atoms with Crippen molar-refractivity contribution in [2.24, 2.45) is 5.92 Å². The van der Waals surface area contributed by atoms with E-state index in [4.69, 9.17) is 0 Å². The summed E-state index contributed by atoms with van der Waals surface area (Å²) < 4.78 is 75.7. The van der Waals surface area contributed by atoms with Crippen molar-refractivity contribution >= 4 is 11.3 Å². The molecule has 0 aliphatic carbocycles. The third-order valence-corrected chi connectivity index (χ3v) is 3.64. The number of hydrogen-bond donors (Lipinski definition) is 1. The fourth-order valence-electron chi connectivity index (χ4n) is 1.72. The Morgan fingerprint density at radius 1 is 1.11 bits per heavy atom. The molecule has 104 valence electrons. The minimum atomic E-state index is -5.34. The second-order valence-corrected chi connectivity index (χ2v) is 4.74. The molecule has 18 heavy (non-hydrogen) atoms. The van der Waals surface area contributed by atoms with Crippen LogP contribution in [-0.2, 0) is 0 Å². The third kappa shape index (κ3) is 3.17. The Kier molecular flexibility index (Phi) is 4.32. The van der Waals surface area contributed by atoms with Crippen LogP contribution < -0.4 is 5.32 Å². The maximum absolute atomic E-state index is 12.6. The van der Waals surface area contributed by atoms with Gasteiger partial charge in [0.05, 0.1) is 6.04 Å². The number of rotatable bonds is 3. The summed E-state index contributed by atoms with van der Waals surface area (Å²) in [5, 5.41) is 3.60. The molecule has 1 rings (SSSR count). The van der Waals surface area contributed by atoms with Gasteiger partial charge in [-0.15, -0.1) is 11.3 Å². The molecule has 1 nitrogen and oxygen atoms in total. The van der Waals surface area contributed by atoms with E-state index in [1.807, 2.05) is 0 Å². The highest BCUT2D eigenvalue weighted by atomic mass is 32.1. The van der Waals surface area contributed by atoms with E-state index in [1.54, 1.807) is 0 Å². The lowest BCUT2D eigenvalue weighted by Crippen LogP contribution is -2.44. The number of halogens is 6. The lowest BCUT2D eigenvalue weighted by molar-refractivity contribution is -0.292. The van der Waals surface area contributed by atoms with Crippen molar-refractivity contribution < 1.29 is 26.3 Å². The van der Waals surface area contributed by atoms with Crippen LogP contribution in [-0.4, -0.2) is 19.4 Å². The zero-order valence-electron chi connectivity index (χ0n) is 9.49. The molecule has 0 saturated carbocycles. The van der Waals surface area contributed by atoms with Crippen molar-refractivity contribution in [3.05, 3.63) is 21.9 Å². The summed E-state index contributed by atoms with van der Waals surface area (Å²) in [4.78, 5) is 0.0529. The minimum Gasteiger partial charge on any atom is -0.312 e. The van der Waals surface area contributed by atoms with Gasteiger partial charge in [0.15, 0.2) is 5.92 Å². The molecule has 8 heteroatoms. The molecule has 1 N–H and O–H groups in total. The van der Waals surface area contributed by atoms with E-state index in [9.17, 15) is 26.3 Å². The van der Waals surface area contributed by atoms with Crippen molar-refractivity contribution in [2.75, 3.05) is 7.05 Å². The first-order valence-corrected chi connectivity index (χ1v) is 5.81. The summed E-state index contributed by atoms with van der Waals surface area (Å²) in [7, 11) is 1.09. The van der Waals surface area contributed by atoms with E-state index < -0.39 is 24.3 Å². The molecule has 0 bridgehead atoms. The fourth-order valence-corrected chi connectivity index (χ4v) is 2.79. The molecule has 0 aliphatic rings. The summed E-state index contributed by atoms with van der Waals surface area (Å²) in [6.07, 6.45) is -10.7.